The summed E-state index contributed by atoms with van der Waals surface area (Å²) >= 11 is 0. The Hall–Kier alpha value is -8.52. The molecule has 0 saturated carbocycles. The van der Waals surface area contributed by atoms with Gasteiger partial charge < -0.3 is 4.90 Å². The highest BCUT2D eigenvalue weighted by Gasteiger charge is 2.36. The largest absolute Gasteiger partial charge is 0.310 e. The Bertz CT molecular complexity index is 3910. The van der Waals surface area contributed by atoms with E-state index in [4.69, 9.17) is 0 Å². The number of nitrogens with zero attached hydrogens (tertiary/aromatic N) is 1. The Morgan fingerprint density at radius 3 is 1.54 bits per heavy atom. The zero-order valence-corrected chi connectivity index (χ0v) is 38.1. The first-order valence-corrected chi connectivity index (χ1v) is 23.8. The maximum absolute atomic E-state index is 2.46. The van der Waals surface area contributed by atoms with Gasteiger partial charge in [0.15, 0.2) is 0 Å². The third-order valence-electron chi connectivity index (χ3n) is 14.6. The van der Waals surface area contributed by atoms with E-state index in [-0.39, 0.29) is 5.41 Å². The first-order valence-electron chi connectivity index (χ1n) is 23.8. The Kier molecular flexibility index (Phi) is 9.27. The number of hydrogen-bond acceptors (Lipinski definition) is 1. The van der Waals surface area contributed by atoms with E-state index in [1.54, 1.807) is 0 Å². The molecule has 1 aliphatic carbocycles. The monoisotopic (exact) mass is 865 g/mol. The van der Waals surface area contributed by atoms with E-state index < -0.39 is 0 Å². The van der Waals surface area contributed by atoms with Crippen LogP contribution in [-0.4, -0.2) is 0 Å². The van der Waals surface area contributed by atoms with Gasteiger partial charge in [-0.3, -0.25) is 0 Å². The number of fused-ring (bicyclic) bond motifs is 10. The maximum atomic E-state index is 2.46. The summed E-state index contributed by atoms with van der Waals surface area (Å²) in [6.07, 6.45) is 0. The van der Waals surface area contributed by atoms with Crippen LogP contribution in [-0.2, 0) is 5.41 Å². The highest BCUT2D eigenvalue weighted by atomic mass is 15.1. The lowest BCUT2D eigenvalue weighted by molar-refractivity contribution is 0.660. The molecule has 0 fully saturated rings. The molecule has 1 nitrogen and oxygen atoms in total. The predicted octanol–water partition coefficient (Wildman–Crippen LogP) is 18.7. The molecule has 0 radical (unpaired) electrons. The molecule has 12 aromatic rings. The van der Waals surface area contributed by atoms with E-state index in [2.05, 4.69) is 267 Å². The van der Waals surface area contributed by atoms with Crippen LogP contribution >= 0.6 is 0 Å². The fourth-order valence-electron chi connectivity index (χ4n) is 11.5. The van der Waals surface area contributed by atoms with Gasteiger partial charge in [0.05, 0.1) is 5.69 Å². The van der Waals surface area contributed by atoms with Crippen LogP contribution in [0.5, 0.6) is 0 Å². The average molecular weight is 866 g/mol. The van der Waals surface area contributed by atoms with Gasteiger partial charge >= 0.3 is 0 Å². The van der Waals surface area contributed by atoms with Crippen molar-refractivity contribution in [1.82, 2.24) is 0 Å². The molecule has 0 saturated heterocycles. The van der Waals surface area contributed by atoms with Crippen molar-refractivity contribution in [1.29, 1.82) is 0 Å². The molecule has 0 amide bonds. The van der Waals surface area contributed by atoms with Crippen molar-refractivity contribution in [2.45, 2.75) is 19.3 Å². The first-order chi connectivity index (χ1) is 33.5. The Morgan fingerprint density at radius 2 is 0.824 bits per heavy atom. The second kappa shape index (κ2) is 15.8. The number of hydrogen-bond donors (Lipinski definition) is 0. The van der Waals surface area contributed by atoms with Crippen LogP contribution in [0, 0.1) is 0 Å². The molecule has 0 bridgehead atoms. The molecule has 0 spiro atoms. The lowest BCUT2D eigenvalue weighted by atomic mass is 9.81. The van der Waals surface area contributed by atoms with Gasteiger partial charge in [-0.1, -0.05) is 220 Å². The molecule has 320 valence electrons. The second-order valence-electron chi connectivity index (χ2n) is 18.7. The van der Waals surface area contributed by atoms with Crippen molar-refractivity contribution >= 4 is 60.2 Å². The highest BCUT2D eigenvalue weighted by Crippen LogP contribution is 2.53. The number of rotatable bonds is 7. The van der Waals surface area contributed by atoms with Gasteiger partial charge in [0.1, 0.15) is 0 Å². The van der Waals surface area contributed by atoms with E-state index >= 15 is 0 Å². The van der Waals surface area contributed by atoms with Crippen LogP contribution < -0.4 is 4.90 Å². The van der Waals surface area contributed by atoms with Crippen molar-refractivity contribution in [3.63, 3.8) is 0 Å². The minimum Gasteiger partial charge on any atom is -0.310 e. The van der Waals surface area contributed by atoms with Crippen molar-refractivity contribution in [3.05, 3.63) is 260 Å². The van der Waals surface area contributed by atoms with E-state index in [9.17, 15) is 0 Å². The van der Waals surface area contributed by atoms with Crippen LogP contribution in [0.4, 0.5) is 17.1 Å². The minimum absolute atomic E-state index is 0.115. The van der Waals surface area contributed by atoms with Gasteiger partial charge in [-0.05, 0) is 147 Å². The molecule has 12 aromatic carbocycles. The van der Waals surface area contributed by atoms with E-state index in [0.29, 0.717) is 0 Å². The zero-order chi connectivity index (χ0) is 45.3. The predicted molar refractivity (Wildman–Crippen MR) is 290 cm³/mol. The van der Waals surface area contributed by atoms with E-state index in [0.717, 1.165) is 17.1 Å². The molecular weight excluding hydrogens is 819 g/mol. The molecule has 0 atom stereocenters. The van der Waals surface area contributed by atoms with Gasteiger partial charge in [-0.25, -0.2) is 0 Å². The first kappa shape index (κ1) is 39.8. The van der Waals surface area contributed by atoms with Crippen molar-refractivity contribution in [2.75, 3.05) is 4.90 Å². The maximum Gasteiger partial charge on any atom is 0.0540 e. The van der Waals surface area contributed by atoms with Crippen LogP contribution in [0.3, 0.4) is 0 Å². The topological polar surface area (TPSA) is 3.24 Å². The SMILES string of the molecule is CC1(C)c2ccccc2-c2ccc(N(c3ccccc3)c3ccc(-c4ccc5c(c4)c4ccccc4c4c(-c6ccccc6)cc(-c6ccccc6)c(-c6ccccc6)c54)c4ccccc34)cc21. The molecule has 0 aliphatic heterocycles. The Labute approximate surface area is 397 Å². The second-order valence-corrected chi connectivity index (χ2v) is 18.7. The minimum atomic E-state index is -0.115. The van der Waals surface area contributed by atoms with Gasteiger partial charge in [-0.15, -0.1) is 0 Å². The van der Waals surface area contributed by atoms with Crippen molar-refractivity contribution < 1.29 is 0 Å². The number of para-hydroxylation sites is 1. The highest BCUT2D eigenvalue weighted by molar-refractivity contribution is 6.33. The van der Waals surface area contributed by atoms with Gasteiger partial charge in [0.2, 0.25) is 0 Å². The standard InChI is InChI=1S/C67H47N/c1-67(2)61-34-20-19-31-53(61)54-38-36-49(42-62(54)67)68(48-27-13-6-14-28-48)63-40-39-50(51-29-15-17-32-55(51)63)47-35-37-57-60(41-47)52-30-16-18-33-56(52)65-59(45-23-9-4-10-24-45)43-58(44-21-7-3-8-22-44)64(66(57)65)46-25-11-5-12-26-46/h3-43H,1-2H3. The quantitative estimate of drug-likeness (QED) is 0.144. The number of anilines is 3. The fraction of sp³-hybridized carbons (Fsp3) is 0.0448. The third kappa shape index (κ3) is 6.24. The Balaban J connectivity index is 1.06. The van der Waals surface area contributed by atoms with E-state index in [1.165, 1.54) is 110 Å². The van der Waals surface area contributed by atoms with Crippen LogP contribution in [0.25, 0.3) is 98.7 Å². The molecule has 0 unspecified atom stereocenters. The Morgan fingerprint density at radius 1 is 0.279 bits per heavy atom. The summed E-state index contributed by atoms with van der Waals surface area (Å²) in [6.45, 7) is 4.72. The summed E-state index contributed by atoms with van der Waals surface area (Å²) in [7, 11) is 0. The molecule has 0 N–H and O–H groups in total. The number of benzene rings is 12. The van der Waals surface area contributed by atoms with Gasteiger partial charge in [0, 0.05) is 22.2 Å². The fourth-order valence-corrected chi connectivity index (χ4v) is 11.5. The van der Waals surface area contributed by atoms with Gasteiger partial charge in [-0.2, -0.15) is 0 Å². The summed E-state index contributed by atoms with van der Waals surface area (Å²) in [5.41, 5.74) is 18.4. The summed E-state index contributed by atoms with van der Waals surface area (Å²) in [6, 6.07) is 92.0. The molecular formula is C67H47N. The summed E-state index contributed by atoms with van der Waals surface area (Å²) in [5, 5.41) is 9.96. The third-order valence-corrected chi connectivity index (χ3v) is 14.6. The molecule has 1 aliphatic rings. The molecule has 1 heteroatoms. The van der Waals surface area contributed by atoms with Crippen LogP contribution in [0.1, 0.15) is 25.0 Å². The zero-order valence-electron chi connectivity index (χ0n) is 38.1. The van der Waals surface area contributed by atoms with E-state index in [1.807, 2.05) is 0 Å². The lowest BCUT2D eigenvalue weighted by Gasteiger charge is -2.29. The molecule has 68 heavy (non-hydrogen) atoms. The molecule has 13 rings (SSSR count). The summed E-state index contributed by atoms with van der Waals surface area (Å²) in [4.78, 5) is 2.45. The normalized spacial score (nSPS) is 12.7. The average Bonchev–Trinajstić information content (AvgIpc) is 3.64. The van der Waals surface area contributed by atoms with Crippen molar-refractivity contribution in [2.24, 2.45) is 0 Å². The van der Waals surface area contributed by atoms with Crippen LogP contribution in [0.15, 0.2) is 249 Å². The summed E-state index contributed by atoms with van der Waals surface area (Å²) in [5.74, 6) is 0. The van der Waals surface area contributed by atoms with Crippen LogP contribution in [0.2, 0.25) is 0 Å². The molecule has 0 aromatic heterocycles. The van der Waals surface area contributed by atoms with Gasteiger partial charge in [0.25, 0.3) is 0 Å². The summed E-state index contributed by atoms with van der Waals surface area (Å²) < 4.78 is 0. The molecule has 0 heterocycles. The smallest absolute Gasteiger partial charge is 0.0540 e. The van der Waals surface area contributed by atoms with Crippen molar-refractivity contribution in [3.8, 4) is 55.6 Å². The lowest BCUT2D eigenvalue weighted by Crippen LogP contribution is -2.16.